The first-order valence-electron chi connectivity index (χ1n) is 8.11. The zero-order valence-corrected chi connectivity index (χ0v) is 20.7. The van der Waals surface area contributed by atoms with E-state index >= 15 is 0 Å². The predicted molar refractivity (Wildman–Crippen MR) is 129 cm³/mol. The first-order valence-corrected chi connectivity index (χ1v) is 11.1. The van der Waals surface area contributed by atoms with Crippen molar-refractivity contribution < 1.29 is 4.74 Å². The lowest BCUT2D eigenvalue weighted by Gasteiger charge is -2.12. The zero-order chi connectivity index (χ0) is 19.7. The van der Waals surface area contributed by atoms with E-state index in [0.717, 1.165) is 22.9 Å². The van der Waals surface area contributed by atoms with Crippen molar-refractivity contribution in [3.05, 3.63) is 63.7 Å². The standard InChI is InChI=1S/C19H16BrI2N3O2/c1-10(2)18-24-16-5-4-12(20)8-13(16)19(26)25(18)23-9-11-6-14(21)17(27-3)15(22)7-11/h4-10H,1-3H3. The van der Waals surface area contributed by atoms with E-state index in [9.17, 15) is 4.79 Å². The van der Waals surface area contributed by atoms with Crippen LogP contribution >= 0.6 is 61.1 Å². The molecule has 0 aliphatic rings. The molecule has 27 heavy (non-hydrogen) atoms. The number of methoxy groups -OCH3 is 1. The highest BCUT2D eigenvalue weighted by Gasteiger charge is 2.14. The molecule has 1 aromatic heterocycles. The number of nitrogens with zero attached hydrogens (tertiary/aromatic N) is 3. The average Bonchev–Trinajstić information content (AvgIpc) is 2.61. The Kier molecular flexibility index (Phi) is 6.57. The molecular formula is C19H16BrI2N3O2. The van der Waals surface area contributed by atoms with E-state index in [2.05, 4.69) is 71.2 Å². The van der Waals surface area contributed by atoms with E-state index in [1.54, 1.807) is 19.4 Å². The Bertz CT molecular complexity index is 1090. The van der Waals surface area contributed by atoms with Gasteiger partial charge in [-0.1, -0.05) is 29.8 Å². The van der Waals surface area contributed by atoms with E-state index in [1.807, 2.05) is 38.1 Å². The van der Waals surface area contributed by atoms with Gasteiger partial charge in [0.25, 0.3) is 5.56 Å². The number of rotatable bonds is 4. The number of hydrogen-bond acceptors (Lipinski definition) is 4. The third-order valence-electron chi connectivity index (χ3n) is 3.90. The van der Waals surface area contributed by atoms with Gasteiger partial charge in [0.15, 0.2) is 0 Å². The van der Waals surface area contributed by atoms with Crippen LogP contribution in [0.25, 0.3) is 10.9 Å². The Morgan fingerprint density at radius 1 is 1.22 bits per heavy atom. The minimum atomic E-state index is -0.181. The van der Waals surface area contributed by atoms with E-state index < -0.39 is 0 Å². The number of aromatic nitrogens is 2. The van der Waals surface area contributed by atoms with E-state index in [4.69, 9.17) is 4.74 Å². The predicted octanol–water partition coefficient (Wildman–Crippen LogP) is 5.38. The second-order valence-electron chi connectivity index (χ2n) is 6.17. The number of ether oxygens (including phenoxy) is 1. The molecule has 0 atom stereocenters. The number of benzene rings is 2. The van der Waals surface area contributed by atoms with Gasteiger partial charge in [0, 0.05) is 10.4 Å². The minimum absolute atomic E-state index is 0.0547. The lowest BCUT2D eigenvalue weighted by atomic mass is 10.2. The molecule has 0 amide bonds. The monoisotopic (exact) mass is 651 g/mol. The lowest BCUT2D eigenvalue weighted by molar-refractivity contribution is 0.409. The maximum atomic E-state index is 13.0. The molecule has 0 fully saturated rings. The fraction of sp³-hybridized carbons (Fsp3) is 0.211. The van der Waals surface area contributed by atoms with Gasteiger partial charge in [0.2, 0.25) is 0 Å². The molecule has 0 N–H and O–H groups in total. The van der Waals surface area contributed by atoms with Crippen molar-refractivity contribution in [1.82, 2.24) is 9.66 Å². The minimum Gasteiger partial charge on any atom is -0.495 e. The molecule has 140 valence electrons. The first kappa shape index (κ1) is 20.7. The van der Waals surface area contributed by atoms with Crippen LogP contribution in [-0.4, -0.2) is 23.0 Å². The number of fused-ring (bicyclic) bond motifs is 1. The molecule has 0 aliphatic heterocycles. The molecular weight excluding hydrogens is 636 g/mol. The van der Waals surface area contributed by atoms with Gasteiger partial charge < -0.3 is 4.74 Å². The van der Waals surface area contributed by atoms with E-state index in [1.165, 1.54) is 4.68 Å². The van der Waals surface area contributed by atoms with E-state index in [-0.39, 0.29) is 11.5 Å². The summed E-state index contributed by atoms with van der Waals surface area (Å²) in [5.41, 5.74) is 1.38. The van der Waals surface area contributed by atoms with Crippen LogP contribution in [0.2, 0.25) is 0 Å². The molecule has 5 nitrogen and oxygen atoms in total. The van der Waals surface area contributed by atoms with Crippen LogP contribution in [0.15, 0.2) is 44.7 Å². The van der Waals surface area contributed by atoms with Crippen LogP contribution < -0.4 is 10.3 Å². The van der Waals surface area contributed by atoms with Crippen LogP contribution in [0.4, 0.5) is 0 Å². The summed E-state index contributed by atoms with van der Waals surface area (Å²) in [6.07, 6.45) is 1.68. The molecule has 1 heterocycles. The topological polar surface area (TPSA) is 56.5 Å². The van der Waals surface area contributed by atoms with Crippen molar-refractivity contribution in [1.29, 1.82) is 0 Å². The van der Waals surface area contributed by atoms with Crippen molar-refractivity contribution in [3.63, 3.8) is 0 Å². The average molecular weight is 652 g/mol. The summed E-state index contributed by atoms with van der Waals surface area (Å²) in [4.78, 5) is 17.7. The molecule has 0 aliphatic carbocycles. The first-order chi connectivity index (χ1) is 12.8. The van der Waals surface area contributed by atoms with Crippen molar-refractivity contribution >= 4 is 78.2 Å². The van der Waals surface area contributed by atoms with Gasteiger partial charge in [0.05, 0.1) is 31.4 Å². The molecule has 0 saturated carbocycles. The van der Waals surface area contributed by atoms with Gasteiger partial charge in [-0.05, 0) is 81.1 Å². The number of halogens is 3. The SMILES string of the molecule is COc1c(I)cc(C=Nn2c(C(C)C)nc3ccc(Br)cc3c2=O)cc1I. The normalized spacial score (nSPS) is 11.7. The highest BCUT2D eigenvalue weighted by atomic mass is 127. The Morgan fingerprint density at radius 2 is 1.89 bits per heavy atom. The van der Waals surface area contributed by atoms with Gasteiger partial charge in [-0.3, -0.25) is 4.79 Å². The fourth-order valence-corrected chi connectivity index (χ4v) is 5.24. The Labute approximate surface area is 192 Å². The molecule has 0 unspecified atom stereocenters. The quantitative estimate of drug-likeness (QED) is 0.281. The fourth-order valence-electron chi connectivity index (χ4n) is 2.62. The van der Waals surface area contributed by atoms with Crippen LogP contribution in [0.1, 0.15) is 31.2 Å². The molecule has 0 bridgehead atoms. The zero-order valence-electron chi connectivity index (χ0n) is 14.8. The summed E-state index contributed by atoms with van der Waals surface area (Å²) in [5, 5.41) is 5.00. The molecule has 2 aromatic carbocycles. The Balaban J connectivity index is 2.16. The third-order valence-corrected chi connectivity index (χ3v) is 5.99. The third kappa shape index (κ3) is 4.37. The van der Waals surface area contributed by atoms with E-state index in [0.29, 0.717) is 16.7 Å². The molecule has 0 radical (unpaired) electrons. The Hall–Kier alpha value is -1.01. The summed E-state index contributed by atoms with van der Waals surface area (Å²) >= 11 is 7.87. The molecule has 3 aromatic rings. The van der Waals surface area contributed by atoms with Gasteiger partial charge in [-0.15, -0.1) is 0 Å². The second kappa shape index (κ2) is 8.56. The summed E-state index contributed by atoms with van der Waals surface area (Å²) in [7, 11) is 1.65. The number of hydrogen-bond donors (Lipinski definition) is 0. The van der Waals surface area contributed by atoms with Crippen molar-refractivity contribution in [2.24, 2.45) is 5.10 Å². The highest BCUT2D eigenvalue weighted by molar-refractivity contribution is 14.1. The summed E-state index contributed by atoms with van der Waals surface area (Å²) < 4.78 is 9.59. The van der Waals surface area contributed by atoms with Gasteiger partial charge in [0.1, 0.15) is 11.6 Å². The van der Waals surface area contributed by atoms with Gasteiger partial charge in [-0.25, -0.2) is 4.98 Å². The molecule has 0 saturated heterocycles. The lowest BCUT2D eigenvalue weighted by Crippen LogP contribution is -2.23. The second-order valence-corrected chi connectivity index (χ2v) is 9.41. The maximum Gasteiger partial charge on any atom is 0.282 e. The maximum absolute atomic E-state index is 13.0. The Morgan fingerprint density at radius 3 is 2.48 bits per heavy atom. The van der Waals surface area contributed by atoms with Crippen LogP contribution in [0.5, 0.6) is 5.75 Å². The van der Waals surface area contributed by atoms with Gasteiger partial charge in [-0.2, -0.15) is 9.78 Å². The van der Waals surface area contributed by atoms with Crippen LogP contribution in [0.3, 0.4) is 0 Å². The van der Waals surface area contributed by atoms with Crippen molar-refractivity contribution in [3.8, 4) is 5.75 Å². The summed E-state index contributed by atoms with van der Waals surface area (Å²) in [5.74, 6) is 1.52. The highest BCUT2D eigenvalue weighted by Crippen LogP contribution is 2.28. The summed E-state index contributed by atoms with van der Waals surface area (Å²) in [6.45, 7) is 4.00. The summed E-state index contributed by atoms with van der Waals surface area (Å²) in [6, 6.07) is 9.44. The van der Waals surface area contributed by atoms with Crippen molar-refractivity contribution in [2.75, 3.05) is 7.11 Å². The molecule has 8 heteroatoms. The van der Waals surface area contributed by atoms with Crippen LogP contribution in [0, 0.1) is 7.14 Å². The van der Waals surface area contributed by atoms with Crippen molar-refractivity contribution in [2.45, 2.75) is 19.8 Å². The smallest absolute Gasteiger partial charge is 0.282 e. The largest absolute Gasteiger partial charge is 0.495 e. The van der Waals surface area contributed by atoms with Gasteiger partial charge >= 0.3 is 0 Å². The molecule has 3 rings (SSSR count). The molecule has 0 spiro atoms. The van der Waals surface area contributed by atoms with Crippen LogP contribution in [-0.2, 0) is 0 Å².